The molecule has 5 nitrogen and oxygen atoms in total. The van der Waals surface area contributed by atoms with Gasteiger partial charge >= 0.3 is 0 Å². The number of hydrogen-bond donors (Lipinski definition) is 2. The van der Waals surface area contributed by atoms with E-state index in [9.17, 15) is 0 Å². The van der Waals surface area contributed by atoms with Crippen molar-refractivity contribution in [3.05, 3.63) is 32.2 Å². The van der Waals surface area contributed by atoms with Gasteiger partial charge in [0.1, 0.15) is 5.01 Å². The molecule has 7 heteroatoms. The van der Waals surface area contributed by atoms with Gasteiger partial charge in [0, 0.05) is 42.2 Å². The number of aromatic nitrogens is 2. The molecule has 0 fully saturated rings. The zero-order valence-electron chi connectivity index (χ0n) is 13.3. The van der Waals surface area contributed by atoms with E-state index in [4.69, 9.17) is 0 Å². The highest BCUT2D eigenvalue weighted by molar-refractivity contribution is 7.11. The first-order chi connectivity index (χ1) is 10.7. The zero-order chi connectivity index (χ0) is 15.8. The first-order valence-electron chi connectivity index (χ1n) is 7.56. The molecular formula is C15H23N5S2. The molecule has 0 amide bonds. The van der Waals surface area contributed by atoms with Crippen LogP contribution >= 0.6 is 22.7 Å². The highest BCUT2D eigenvalue weighted by atomic mass is 32.1. The van der Waals surface area contributed by atoms with Crippen molar-refractivity contribution in [3.63, 3.8) is 0 Å². The Morgan fingerprint density at radius 2 is 1.68 bits per heavy atom. The maximum atomic E-state index is 4.43. The lowest BCUT2D eigenvalue weighted by molar-refractivity contribution is 0.789. The summed E-state index contributed by atoms with van der Waals surface area (Å²) in [5.74, 6) is 0.806. The summed E-state index contributed by atoms with van der Waals surface area (Å²) in [7, 11) is 1.78. The lowest BCUT2D eigenvalue weighted by atomic mass is 10.4. The Bertz CT molecular complexity index is 603. The van der Waals surface area contributed by atoms with Gasteiger partial charge in [-0.05, 0) is 12.8 Å². The normalized spacial score (nSPS) is 11.7. The van der Waals surface area contributed by atoms with Gasteiger partial charge < -0.3 is 10.6 Å². The summed E-state index contributed by atoms with van der Waals surface area (Å²) in [5.41, 5.74) is 0. The lowest BCUT2D eigenvalue weighted by Gasteiger charge is -2.09. The van der Waals surface area contributed by atoms with Gasteiger partial charge in [0.25, 0.3) is 0 Å². The first kappa shape index (κ1) is 16.9. The van der Waals surface area contributed by atoms with Crippen molar-refractivity contribution in [2.75, 3.05) is 13.6 Å². The second-order valence-electron chi connectivity index (χ2n) is 4.75. The average Bonchev–Trinajstić information content (AvgIpc) is 3.19. The van der Waals surface area contributed by atoms with Crippen molar-refractivity contribution in [1.82, 2.24) is 20.6 Å². The van der Waals surface area contributed by atoms with Crippen LogP contribution in [0.15, 0.2) is 17.4 Å². The molecule has 22 heavy (non-hydrogen) atoms. The van der Waals surface area contributed by atoms with Crippen LogP contribution in [0, 0.1) is 0 Å². The van der Waals surface area contributed by atoms with Gasteiger partial charge in [-0.25, -0.2) is 9.97 Å². The van der Waals surface area contributed by atoms with Crippen molar-refractivity contribution in [2.45, 2.75) is 39.7 Å². The third-order valence-electron chi connectivity index (χ3n) is 3.16. The smallest absolute Gasteiger partial charge is 0.191 e. The molecule has 0 bridgehead atoms. The van der Waals surface area contributed by atoms with E-state index in [0.29, 0.717) is 6.54 Å². The van der Waals surface area contributed by atoms with Crippen LogP contribution in [0.25, 0.3) is 0 Å². The maximum absolute atomic E-state index is 4.43. The van der Waals surface area contributed by atoms with E-state index in [1.54, 1.807) is 29.7 Å². The molecule has 0 saturated heterocycles. The number of aliphatic imine (C=N–C) groups is 1. The summed E-state index contributed by atoms with van der Waals surface area (Å²) in [6.45, 7) is 5.84. The molecule has 2 rings (SSSR count). The topological polar surface area (TPSA) is 62.2 Å². The molecule has 0 unspecified atom stereocenters. The van der Waals surface area contributed by atoms with Gasteiger partial charge in [-0.15, -0.1) is 22.7 Å². The second-order valence-corrected chi connectivity index (χ2v) is 7.15. The molecule has 0 aliphatic carbocycles. The Hall–Kier alpha value is -1.47. The molecular weight excluding hydrogens is 314 g/mol. The van der Waals surface area contributed by atoms with Gasteiger partial charge in [0.2, 0.25) is 0 Å². The minimum atomic E-state index is 0.710. The zero-order valence-corrected chi connectivity index (χ0v) is 15.0. The van der Waals surface area contributed by atoms with Crippen LogP contribution in [-0.4, -0.2) is 29.5 Å². The summed E-state index contributed by atoms with van der Waals surface area (Å²) in [6, 6.07) is 0. The molecule has 2 aromatic heterocycles. The highest BCUT2D eigenvalue weighted by Crippen LogP contribution is 2.14. The predicted octanol–water partition coefficient (Wildman–Crippen LogP) is 2.63. The van der Waals surface area contributed by atoms with Gasteiger partial charge in [-0.1, -0.05) is 13.8 Å². The molecule has 0 aliphatic rings. The molecule has 2 N–H and O–H groups in total. The number of nitrogens with one attached hydrogen (secondary N) is 2. The minimum Gasteiger partial charge on any atom is -0.356 e. The largest absolute Gasteiger partial charge is 0.356 e. The van der Waals surface area contributed by atoms with Crippen molar-refractivity contribution in [3.8, 4) is 0 Å². The fraction of sp³-hybridized carbons (Fsp3) is 0.533. The molecule has 0 spiro atoms. The summed E-state index contributed by atoms with van der Waals surface area (Å²) < 4.78 is 0. The number of guanidine groups is 1. The molecule has 0 aromatic carbocycles. The van der Waals surface area contributed by atoms with E-state index in [0.717, 1.165) is 36.8 Å². The van der Waals surface area contributed by atoms with E-state index in [2.05, 4.69) is 39.4 Å². The van der Waals surface area contributed by atoms with Crippen LogP contribution in [0.5, 0.6) is 0 Å². The quantitative estimate of drug-likeness (QED) is 0.602. The SMILES string of the molecule is CCc1cnc(CCNC(=NC)NCc2ncc(CC)s2)s1. The fourth-order valence-electron chi connectivity index (χ4n) is 1.89. The fourth-order valence-corrected chi connectivity index (χ4v) is 3.55. The average molecular weight is 338 g/mol. The molecule has 0 atom stereocenters. The number of thiazole rings is 2. The molecule has 2 aromatic rings. The molecule has 2 heterocycles. The van der Waals surface area contributed by atoms with Gasteiger partial charge in [-0.2, -0.15) is 0 Å². The molecule has 0 saturated carbocycles. The van der Waals surface area contributed by atoms with Crippen LogP contribution in [0.2, 0.25) is 0 Å². The van der Waals surface area contributed by atoms with Crippen LogP contribution in [-0.2, 0) is 25.8 Å². The number of rotatable bonds is 7. The number of nitrogens with zero attached hydrogens (tertiary/aromatic N) is 3. The minimum absolute atomic E-state index is 0.710. The van der Waals surface area contributed by atoms with E-state index in [1.165, 1.54) is 14.8 Å². The van der Waals surface area contributed by atoms with Crippen LogP contribution in [0.1, 0.15) is 33.6 Å². The third kappa shape index (κ3) is 5.06. The van der Waals surface area contributed by atoms with E-state index in [-0.39, 0.29) is 0 Å². The number of hydrogen-bond acceptors (Lipinski definition) is 5. The Balaban J connectivity index is 1.72. The van der Waals surface area contributed by atoms with Crippen molar-refractivity contribution in [2.24, 2.45) is 4.99 Å². The Labute approximate surface area is 139 Å². The molecule has 120 valence electrons. The first-order valence-corrected chi connectivity index (χ1v) is 9.20. The lowest BCUT2D eigenvalue weighted by Crippen LogP contribution is -2.37. The Kier molecular flexibility index (Phi) is 6.79. The standard InChI is InChI=1S/C15H23N5S2/c1-4-11-8-18-13(21-11)6-7-17-15(16-3)20-10-14-19-9-12(5-2)22-14/h8-9H,4-7,10H2,1-3H3,(H2,16,17,20). The van der Waals surface area contributed by atoms with Gasteiger partial charge in [0.15, 0.2) is 5.96 Å². The summed E-state index contributed by atoms with van der Waals surface area (Å²) in [5, 5.41) is 8.88. The van der Waals surface area contributed by atoms with Gasteiger partial charge in [0.05, 0.1) is 11.6 Å². The number of aryl methyl sites for hydroxylation is 2. The summed E-state index contributed by atoms with van der Waals surface area (Å²) in [4.78, 5) is 15.7. The molecule has 0 aliphatic heterocycles. The highest BCUT2D eigenvalue weighted by Gasteiger charge is 2.04. The van der Waals surface area contributed by atoms with Crippen molar-refractivity contribution >= 4 is 28.6 Å². The monoisotopic (exact) mass is 337 g/mol. The van der Waals surface area contributed by atoms with E-state index >= 15 is 0 Å². The van der Waals surface area contributed by atoms with E-state index in [1.807, 2.05) is 12.4 Å². The third-order valence-corrected chi connectivity index (χ3v) is 5.50. The Morgan fingerprint density at radius 3 is 2.27 bits per heavy atom. The van der Waals surface area contributed by atoms with E-state index < -0.39 is 0 Å². The summed E-state index contributed by atoms with van der Waals surface area (Å²) in [6.07, 6.45) is 6.94. The maximum Gasteiger partial charge on any atom is 0.191 e. The Morgan fingerprint density at radius 1 is 1.05 bits per heavy atom. The van der Waals surface area contributed by atoms with Crippen LogP contribution < -0.4 is 10.6 Å². The summed E-state index contributed by atoms with van der Waals surface area (Å²) >= 11 is 3.53. The van der Waals surface area contributed by atoms with Crippen LogP contribution in [0.4, 0.5) is 0 Å². The van der Waals surface area contributed by atoms with Crippen LogP contribution in [0.3, 0.4) is 0 Å². The molecule has 0 radical (unpaired) electrons. The van der Waals surface area contributed by atoms with Gasteiger partial charge in [-0.3, -0.25) is 4.99 Å². The van der Waals surface area contributed by atoms with Crippen molar-refractivity contribution in [1.29, 1.82) is 0 Å². The predicted molar refractivity (Wildman–Crippen MR) is 94.9 cm³/mol. The second kappa shape index (κ2) is 8.85. The van der Waals surface area contributed by atoms with Crippen molar-refractivity contribution < 1.29 is 0 Å².